The average molecular weight is 267 g/mol. The van der Waals surface area contributed by atoms with Crippen LogP contribution in [-0.2, 0) is 9.47 Å². The van der Waals surface area contributed by atoms with Gasteiger partial charge in [-0.2, -0.15) is 0 Å². The van der Waals surface area contributed by atoms with Gasteiger partial charge in [0.2, 0.25) is 0 Å². The van der Waals surface area contributed by atoms with Crippen LogP contribution in [-0.4, -0.2) is 46.5 Å². The first-order chi connectivity index (χ1) is 9.27. The molecule has 3 N–H and O–H groups in total. The molecule has 1 aromatic rings. The molecule has 1 aromatic carbocycles. The molecule has 106 valence electrons. The molecule has 6 nitrogen and oxygen atoms in total. The Labute approximate surface area is 113 Å². The van der Waals surface area contributed by atoms with E-state index >= 15 is 0 Å². The van der Waals surface area contributed by atoms with Crippen molar-refractivity contribution in [2.75, 3.05) is 45.9 Å². The number of hydrogen-bond donors (Lipinski definition) is 2. The van der Waals surface area contributed by atoms with Crippen LogP contribution in [0.2, 0.25) is 0 Å². The van der Waals surface area contributed by atoms with Crippen LogP contribution < -0.4 is 15.8 Å². The summed E-state index contributed by atoms with van der Waals surface area (Å²) in [6.07, 6.45) is 0. The van der Waals surface area contributed by atoms with Crippen LogP contribution in [0.15, 0.2) is 29.3 Å². The first kappa shape index (κ1) is 15.3. The van der Waals surface area contributed by atoms with Gasteiger partial charge in [0.1, 0.15) is 5.75 Å². The van der Waals surface area contributed by atoms with Gasteiger partial charge in [-0.1, -0.05) is 12.1 Å². The molecular weight excluding hydrogens is 246 g/mol. The number of anilines is 1. The van der Waals surface area contributed by atoms with Crippen molar-refractivity contribution < 1.29 is 14.2 Å². The molecule has 0 unspecified atom stereocenters. The number of guanidine groups is 1. The van der Waals surface area contributed by atoms with Crippen molar-refractivity contribution in [2.45, 2.75) is 0 Å². The van der Waals surface area contributed by atoms with Gasteiger partial charge < -0.3 is 25.3 Å². The Morgan fingerprint density at radius 3 is 2.74 bits per heavy atom. The van der Waals surface area contributed by atoms with Crippen molar-refractivity contribution in [1.29, 1.82) is 0 Å². The molecule has 0 aromatic heterocycles. The molecule has 0 radical (unpaired) electrons. The van der Waals surface area contributed by atoms with Gasteiger partial charge in [0.15, 0.2) is 5.96 Å². The van der Waals surface area contributed by atoms with Gasteiger partial charge in [0.25, 0.3) is 0 Å². The lowest BCUT2D eigenvalue weighted by Gasteiger charge is -2.10. The Kier molecular flexibility index (Phi) is 7.38. The van der Waals surface area contributed by atoms with E-state index in [9.17, 15) is 0 Å². The molecule has 0 amide bonds. The number of benzene rings is 1. The maximum Gasteiger partial charge on any atom is 0.193 e. The number of ether oxygens (including phenoxy) is 3. The summed E-state index contributed by atoms with van der Waals surface area (Å²) in [7, 11) is 3.24. The Bertz CT molecular complexity index is 396. The summed E-state index contributed by atoms with van der Waals surface area (Å²) < 4.78 is 15.3. The number of nitrogens with zero attached hydrogens (tertiary/aromatic N) is 1. The minimum atomic E-state index is 0.333. The number of aliphatic imine (C=N–C) groups is 1. The highest BCUT2D eigenvalue weighted by Gasteiger charge is 2.01. The number of hydrogen-bond acceptors (Lipinski definition) is 4. The van der Waals surface area contributed by atoms with Crippen molar-refractivity contribution in [1.82, 2.24) is 0 Å². The highest BCUT2D eigenvalue weighted by atomic mass is 16.5. The van der Waals surface area contributed by atoms with Gasteiger partial charge in [-0.05, 0) is 12.1 Å². The van der Waals surface area contributed by atoms with E-state index in [1.807, 2.05) is 24.3 Å². The number of para-hydroxylation sites is 2. The SMILES string of the molecule is COCCOCCN=C(N)Nc1ccccc1OC. The molecule has 0 fully saturated rings. The van der Waals surface area contributed by atoms with Crippen LogP contribution in [0.4, 0.5) is 5.69 Å². The molecule has 0 spiro atoms. The first-order valence-corrected chi connectivity index (χ1v) is 6.04. The van der Waals surface area contributed by atoms with E-state index in [2.05, 4.69) is 10.3 Å². The number of nitrogens with one attached hydrogen (secondary N) is 1. The average Bonchev–Trinajstić information content (AvgIpc) is 2.43. The van der Waals surface area contributed by atoms with Crippen LogP contribution in [0.1, 0.15) is 0 Å². The van der Waals surface area contributed by atoms with Crippen LogP contribution in [0, 0.1) is 0 Å². The van der Waals surface area contributed by atoms with E-state index < -0.39 is 0 Å². The van der Waals surface area contributed by atoms with Crippen molar-refractivity contribution in [3.8, 4) is 5.75 Å². The Hall–Kier alpha value is -1.79. The standard InChI is InChI=1S/C13H21N3O3/c1-17-9-10-19-8-7-15-13(14)16-11-5-3-4-6-12(11)18-2/h3-6H,7-10H2,1-2H3,(H3,14,15,16). The van der Waals surface area contributed by atoms with Gasteiger partial charge >= 0.3 is 0 Å². The summed E-state index contributed by atoms with van der Waals surface area (Å²) in [4.78, 5) is 4.15. The summed E-state index contributed by atoms with van der Waals surface area (Å²) in [5.41, 5.74) is 6.56. The quantitative estimate of drug-likeness (QED) is 0.419. The smallest absolute Gasteiger partial charge is 0.193 e. The van der Waals surface area contributed by atoms with Gasteiger partial charge in [-0.3, -0.25) is 4.99 Å². The number of methoxy groups -OCH3 is 2. The molecule has 0 atom stereocenters. The Balaban J connectivity index is 2.35. The predicted molar refractivity (Wildman–Crippen MR) is 75.8 cm³/mol. The molecule has 0 bridgehead atoms. The molecular formula is C13H21N3O3. The summed E-state index contributed by atoms with van der Waals surface area (Å²) in [5, 5.41) is 2.99. The molecule has 1 rings (SSSR count). The minimum Gasteiger partial charge on any atom is -0.495 e. The second-order valence-corrected chi connectivity index (χ2v) is 3.70. The molecule has 0 heterocycles. The third-order valence-corrected chi connectivity index (χ3v) is 2.32. The third-order valence-electron chi connectivity index (χ3n) is 2.32. The summed E-state index contributed by atoms with van der Waals surface area (Å²) in [5.74, 6) is 1.05. The molecule has 0 saturated carbocycles. The Morgan fingerprint density at radius 1 is 1.21 bits per heavy atom. The first-order valence-electron chi connectivity index (χ1n) is 6.04. The summed E-state index contributed by atoms with van der Waals surface area (Å²) in [6, 6.07) is 7.51. The van der Waals surface area contributed by atoms with Gasteiger partial charge in [-0.25, -0.2) is 0 Å². The summed E-state index contributed by atoms with van der Waals surface area (Å²) >= 11 is 0. The minimum absolute atomic E-state index is 0.333. The zero-order chi connectivity index (χ0) is 13.9. The Morgan fingerprint density at radius 2 is 2.00 bits per heavy atom. The normalized spacial score (nSPS) is 11.4. The highest BCUT2D eigenvalue weighted by molar-refractivity contribution is 5.93. The maximum absolute atomic E-state index is 5.77. The van der Waals surface area contributed by atoms with Gasteiger partial charge in [-0.15, -0.1) is 0 Å². The molecule has 6 heteroatoms. The number of rotatable bonds is 8. The zero-order valence-corrected chi connectivity index (χ0v) is 11.4. The van der Waals surface area contributed by atoms with E-state index in [0.29, 0.717) is 32.3 Å². The fraction of sp³-hybridized carbons (Fsp3) is 0.462. The monoisotopic (exact) mass is 267 g/mol. The van der Waals surface area contributed by atoms with Crippen molar-refractivity contribution in [3.63, 3.8) is 0 Å². The van der Waals surface area contributed by atoms with E-state index in [0.717, 1.165) is 11.4 Å². The fourth-order valence-corrected chi connectivity index (χ4v) is 1.40. The third kappa shape index (κ3) is 6.08. The van der Waals surface area contributed by atoms with Crippen molar-refractivity contribution in [3.05, 3.63) is 24.3 Å². The molecule has 0 aliphatic heterocycles. The molecule has 0 saturated heterocycles. The topological polar surface area (TPSA) is 78.1 Å². The largest absolute Gasteiger partial charge is 0.495 e. The van der Waals surface area contributed by atoms with E-state index in [4.69, 9.17) is 19.9 Å². The summed E-state index contributed by atoms with van der Waals surface area (Å²) in [6.45, 7) is 2.15. The molecule has 0 aliphatic rings. The van der Waals surface area contributed by atoms with Crippen LogP contribution in [0.5, 0.6) is 5.75 Å². The van der Waals surface area contributed by atoms with Crippen LogP contribution >= 0.6 is 0 Å². The van der Waals surface area contributed by atoms with Crippen LogP contribution in [0.25, 0.3) is 0 Å². The van der Waals surface area contributed by atoms with E-state index in [-0.39, 0.29) is 0 Å². The lowest BCUT2D eigenvalue weighted by atomic mass is 10.3. The van der Waals surface area contributed by atoms with Gasteiger partial charge in [0, 0.05) is 7.11 Å². The molecule has 0 aliphatic carbocycles. The second-order valence-electron chi connectivity index (χ2n) is 3.70. The lowest BCUT2D eigenvalue weighted by Crippen LogP contribution is -2.23. The predicted octanol–water partition coefficient (Wildman–Crippen LogP) is 1.08. The second kappa shape index (κ2) is 9.18. The number of nitrogens with two attached hydrogens (primary N) is 1. The highest BCUT2D eigenvalue weighted by Crippen LogP contribution is 2.22. The van der Waals surface area contributed by atoms with E-state index in [1.54, 1.807) is 14.2 Å². The fourth-order valence-electron chi connectivity index (χ4n) is 1.40. The van der Waals surface area contributed by atoms with Gasteiger partial charge in [0.05, 0.1) is 39.2 Å². The molecule has 19 heavy (non-hydrogen) atoms. The maximum atomic E-state index is 5.77. The zero-order valence-electron chi connectivity index (χ0n) is 11.4. The van der Waals surface area contributed by atoms with Crippen LogP contribution in [0.3, 0.4) is 0 Å². The van der Waals surface area contributed by atoms with E-state index in [1.165, 1.54) is 0 Å². The van der Waals surface area contributed by atoms with Crippen molar-refractivity contribution >= 4 is 11.6 Å². The van der Waals surface area contributed by atoms with Crippen molar-refractivity contribution in [2.24, 2.45) is 10.7 Å². The lowest BCUT2D eigenvalue weighted by molar-refractivity contribution is 0.0748.